The number of carbonyl (C=O) groups is 1. The summed E-state index contributed by atoms with van der Waals surface area (Å²) in [5.41, 5.74) is 4.24. The number of carbonyl (C=O) groups excluding carboxylic acids is 1. The monoisotopic (exact) mass is 492 g/mol. The topological polar surface area (TPSA) is 69.2 Å². The van der Waals surface area contributed by atoms with Crippen molar-refractivity contribution in [3.63, 3.8) is 0 Å². The predicted molar refractivity (Wildman–Crippen MR) is 127 cm³/mol. The number of hydrazone groups is 1. The molecular formula is C25H21BrN2O4. The van der Waals surface area contributed by atoms with Crippen LogP contribution in [-0.4, -0.2) is 25.3 Å². The first kappa shape index (κ1) is 22.9. The van der Waals surface area contributed by atoms with E-state index in [0.29, 0.717) is 23.9 Å². The van der Waals surface area contributed by atoms with Gasteiger partial charge in [-0.3, -0.25) is 4.79 Å². The minimum Gasteiger partial charge on any atom is -0.489 e. The zero-order valence-electron chi connectivity index (χ0n) is 17.2. The van der Waals surface area contributed by atoms with E-state index in [1.807, 2.05) is 36.4 Å². The van der Waals surface area contributed by atoms with E-state index in [1.165, 1.54) is 6.21 Å². The van der Waals surface area contributed by atoms with Gasteiger partial charge in [0.05, 0.1) is 6.21 Å². The zero-order valence-corrected chi connectivity index (χ0v) is 18.7. The van der Waals surface area contributed by atoms with Gasteiger partial charge in [-0.05, 0) is 48.0 Å². The van der Waals surface area contributed by atoms with E-state index in [-0.39, 0.29) is 19.1 Å². The highest BCUT2D eigenvalue weighted by Crippen LogP contribution is 2.21. The summed E-state index contributed by atoms with van der Waals surface area (Å²) in [5.74, 6) is 3.90. The van der Waals surface area contributed by atoms with Gasteiger partial charge < -0.3 is 14.2 Å². The van der Waals surface area contributed by atoms with E-state index in [0.717, 1.165) is 15.6 Å². The normalized spacial score (nSPS) is 10.4. The van der Waals surface area contributed by atoms with E-state index in [9.17, 15) is 4.79 Å². The van der Waals surface area contributed by atoms with Gasteiger partial charge in [0.15, 0.2) is 6.61 Å². The van der Waals surface area contributed by atoms with Gasteiger partial charge in [-0.1, -0.05) is 52.2 Å². The van der Waals surface area contributed by atoms with Gasteiger partial charge in [0.25, 0.3) is 5.91 Å². The maximum atomic E-state index is 12.0. The maximum Gasteiger partial charge on any atom is 0.277 e. The molecule has 0 aliphatic carbocycles. The Morgan fingerprint density at radius 1 is 0.969 bits per heavy atom. The molecule has 7 heteroatoms. The minimum atomic E-state index is -0.387. The van der Waals surface area contributed by atoms with Crippen molar-refractivity contribution in [2.75, 3.05) is 13.2 Å². The average molecular weight is 493 g/mol. The van der Waals surface area contributed by atoms with Crippen molar-refractivity contribution >= 4 is 28.1 Å². The third-order valence-corrected chi connectivity index (χ3v) is 4.85. The summed E-state index contributed by atoms with van der Waals surface area (Å²) in [6.07, 6.45) is 6.70. The fourth-order valence-corrected chi connectivity index (χ4v) is 2.91. The molecule has 1 N–H and O–H groups in total. The summed E-state index contributed by atoms with van der Waals surface area (Å²) in [6, 6.07) is 22.3. The number of nitrogens with zero attached hydrogens (tertiary/aromatic N) is 1. The first-order chi connectivity index (χ1) is 15.6. The Kier molecular flexibility index (Phi) is 8.72. The standard InChI is InChI=1S/C25H21BrN2O4/c1-2-14-30-23-12-13-24(26)20(15-23)16-27-28-25(29)18-32-22-10-8-21(9-11-22)31-17-19-6-4-3-5-7-19/h1,3-13,15-16H,14,17-18H2,(H,28,29)/b27-16-. The van der Waals surface area contributed by atoms with E-state index in [2.05, 4.69) is 32.4 Å². The first-order valence-corrected chi connectivity index (χ1v) is 10.5. The quantitative estimate of drug-likeness (QED) is 0.255. The molecule has 1 amide bonds. The highest BCUT2D eigenvalue weighted by Gasteiger charge is 2.04. The molecule has 0 unspecified atom stereocenters. The minimum absolute atomic E-state index is 0.173. The Hall–Kier alpha value is -3.76. The Bertz CT molecular complexity index is 1090. The van der Waals surface area contributed by atoms with Crippen LogP contribution in [0.1, 0.15) is 11.1 Å². The third kappa shape index (κ3) is 7.49. The summed E-state index contributed by atoms with van der Waals surface area (Å²) in [4.78, 5) is 12.0. The van der Waals surface area contributed by atoms with E-state index in [1.54, 1.807) is 36.4 Å². The molecule has 0 aromatic heterocycles. The Morgan fingerprint density at radius 3 is 2.38 bits per heavy atom. The molecule has 0 aliphatic rings. The van der Waals surface area contributed by atoms with E-state index >= 15 is 0 Å². The van der Waals surface area contributed by atoms with Crippen molar-refractivity contribution in [2.24, 2.45) is 5.10 Å². The number of halogens is 1. The number of hydrogen-bond acceptors (Lipinski definition) is 5. The lowest BCUT2D eigenvalue weighted by atomic mass is 10.2. The molecule has 0 saturated carbocycles. The summed E-state index contributed by atoms with van der Waals surface area (Å²) in [7, 11) is 0. The molecule has 0 aliphatic heterocycles. The largest absolute Gasteiger partial charge is 0.489 e. The molecule has 3 aromatic rings. The van der Waals surface area contributed by atoms with E-state index in [4.69, 9.17) is 20.6 Å². The van der Waals surface area contributed by atoms with Gasteiger partial charge in [-0.15, -0.1) is 6.42 Å². The molecule has 0 spiro atoms. The molecule has 6 nitrogen and oxygen atoms in total. The van der Waals surface area contributed by atoms with Gasteiger partial charge >= 0.3 is 0 Å². The molecule has 0 atom stereocenters. The van der Waals surface area contributed by atoms with Crippen LogP contribution in [-0.2, 0) is 11.4 Å². The highest BCUT2D eigenvalue weighted by molar-refractivity contribution is 9.10. The van der Waals surface area contributed by atoms with Crippen LogP contribution in [0.5, 0.6) is 17.2 Å². The van der Waals surface area contributed by atoms with Gasteiger partial charge in [0.1, 0.15) is 30.5 Å². The summed E-state index contributed by atoms with van der Waals surface area (Å²) in [5, 5.41) is 3.95. The summed E-state index contributed by atoms with van der Waals surface area (Å²) < 4.78 is 17.4. The van der Waals surface area contributed by atoms with Crippen molar-refractivity contribution in [1.29, 1.82) is 0 Å². The second-order valence-electron chi connectivity index (χ2n) is 6.50. The van der Waals surface area contributed by atoms with Crippen LogP contribution in [0, 0.1) is 12.3 Å². The van der Waals surface area contributed by atoms with Crippen LogP contribution in [0.3, 0.4) is 0 Å². The molecule has 0 fully saturated rings. The predicted octanol–water partition coefficient (Wildman–Crippen LogP) is 4.57. The summed E-state index contributed by atoms with van der Waals surface area (Å²) >= 11 is 3.42. The molecule has 3 aromatic carbocycles. The van der Waals surface area contributed by atoms with Gasteiger partial charge in [-0.2, -0.15) is 5.10 Å². The SMILES string of the molecule is C#CCOc1ccc(Br)c(/C=N\NC(=O)COc2ccc(OCc3ccccc3)cc2)c1. The van der Waals surface area contributed by atoms with Crippen LogP contribution in [0.4, 0.5) is 0 Å². The number of amides is 1. The zero-order chi connectivity index (χ0) is 22.6. The fourth-order valence-electron chi connectivity index (χ4n) is 2.56. The Morgan fingerprint density at radius 2 is 1.66 bits per heavy atom. The second kappa shape index (κ2) is 12.2. The number of benzene rings is 3. The molecule has 3 rings (SSSR count). The van der Waals surface area contributed by atoms with Crippen LogP contribution in [0.15, 0.2) is 82.4 Å². The lowest BCUT2D eigenvalue weighted by molar-refractivity contribution is -0.123. The Labute approximate surface area is 195 Å². The van der Waals surface area contributed by atoms with Crippen LogP contribution in [0.25, 0.3) is 0 Å². The number of rotatable bonds is 10. The molecule has 0 saturated heterocycles. The van der Waals surface area contributed by atoms with Crippen molar-refractivity contribution in [3.8, 4) is 29.6 Å². The lowest BCUT2D eigenvalue weighted by Crippen LogP contribution is -2.24. The highest BCUT2D eigenvalue weighted by atomic mass is 79.9. The molecular weight excluding hydrogens is 472 g/mol. The molecule has 0 bridgehead atoms. The third-order valence-electron chi connectivity index (χ3n) is 4.12. The first-order valence-electron chi connectivity index (χ1n) is 9.71. The second-order valence-corrected chi connectivity index (χ2v) is 7.36. The van der Waals surface area contributed by atoms with Crippen molar-refractivity contribution in [3.05, 3.63) is 88.4 Å². The molecule has 32 heavy (non-hydrogen) atoms. The smallest absolute Gasteiger partial charge is 0.277 e. The number of hydrogen-bond donors (Lipinski definition) is 1. The van der Waals surface area contributed by atoms with Gasteiger partial charge in [0.2, 0.25) is 0 Å². The van der Waals surface area contributed by atoms with E-state index < -0.39 is 0 Å². The Balaban J connectivity index is 1.43. The lowest BCUT2D eigenvalue weighted by Gasteiger charge is -2.08. The number of ether oxygens (including phenoxy) is 3. The molecule has 0 radical (unpaired) electrons. The molecule has 0 heterocycles. The summed E-state index contributed by atoms with van der Waals surface area (Å²) in [6.45, 7) is 0.483. The maximum absolute atomic E-state index is 12.0. The van der Waals surface area contributed by atoms with Crippen molar-refractivity contribution < 1.29 is 19.0 Å². The van der Waals surface area contributed by atoms with Crippen molar-refractivity contribution in [1.82, 2.24) is 5.43 Å². The fraction of sp³-hybridized carbons (Fsp3) is 0.120. The van der Waals surface area contributed by atoms with Crippen LogP contribution >= 0.6 is 15.9 Å². The van der Waals surface area contributed by atoms with Gasteiger partial charge in [0, 0.05) is 10.0 Å². The van der Waals surface area contributed by atoms with Crippen LogP contribution < -0.4 is 19.6 Å². The number of nitrogens with one attached hydrogen (secondary N) is 1. The van der Waals surface area contributed by atoms with Crippen molar-refractivity contribution in [2.45, 2.75) is 6.61 Å². The van der Waals surface area contributed by atoms with Crippen LogP contribution in [0.2, 0.25) is 0 Å². The average Bonchev–Trinajstić information content (AvgIpc) is 2.83. The van der Waals surface area contributed by atoms with Gasteiger partial charge in [-0.25, -0.2) is 5.43 Å². The number of terminal acetylenes is 1. The molecule has 162 valence electrons.